The summed E-state index contributed by atoms with van der Waals surface area (Å²) in [5.41, 5.74) is 1.79. The largest absolute Gasteiger partial charge is 0.495 e. The summed E-state index contributed by atoms with van der Waals surface area (Å²) in [6.07, 6.45) is 0. The summed E-state index contributed by atoms with van der Waals surface area (Å²) in [7, 11) is -0.278. The first-order valence-electron chi connectivity index (χ1n) is 7.01. The van der Waals surface area contributed by atoms with Crippen molar-refractivity contribution in [2.75, 3.05) is 6.54 Å². The van der Waals surface area contributed by atoms with Gasteiger partial charge in [-0.1, -0.05) is 31.2 Å². The number of hydrogen-bond acceptors (Lipinski definition) is 3. The predicted molar refractivity (Wildman–Crippen MR) is 79.5 cm³/mol. The highest BCUT2D eigenvalue weighted by molar-refractivity contribution is 6.62. The van der Waals surface area contributed by atoms with Gasteiger partial charge in [0.2, 0.25) is 0 Å². The van der Waals surface area contributed by atoms with Crippen LogP contribution in [0.25, 0.3) is 0 Å². The first-order valence-corrected chi connectivity index (χ1v) is 7.01. The lowest BCUT2D eigenvalue weighted by atomic mass is 9.76. The molecule has 1 saturated heterocycles. The van der Waals surface area contributed by atoms with Gasteiger partial charge in [0.1, 0.15) is 0 Å². The summed E-state index contributed by atoms with van der Waals surface area (Å²) in [5.74, 6) is 0. The molecule has 1 fully saturated rings. The van der Waals surface area contributed by atoms with Crippen molar-refractivity contribution in [2.24, 2.45) is 0 Å². The van der Waals surface area contributed by atoms with Gasteiger partial charge in [-0.15, -0.1) is 0 Å². The molecule has 104 valence electrons. The lowest BCUT2D eigenvalue weighted by molar-refractivity contribution is 0.00578. The molecular weight excluding hydrogens is 237 g/mol. The van der Waals surface area contributed by atoms with Crippen molar-refractivity contribution in [1.82, 2.24) is 5.32 Å². The molecule has 0 amide bonds. The highest BCUT2D eigenvalue weighted by Crippen LogP contribution is 2.36. The molecule has 1 aliphatic rings. The summed E-state index contributed by atoms with van der Waals surface area (Å²) >= 11 is 0. The maximum absolute atomic E-state index is 6.12. The van der Waals surface area contributed by atoms with Crippen LogP contribution in [-0.2, 0) is 15.9 Å². The number of hydrogen-bond donors (Lipinski definition) is 1. The van der Waals surface area contributed by atoms with E-state index in [1.807, 2.05) is 6.07 Å². The molecule has 0 spiro atoms. The van der Waals surface area contributed by atoms with Crippen molar-refractivity contribution in [3.8, 4) is 0 Å². The van der Waals surface area contributed by atoms with Crippen LogP contribution < -0.4 is 10.8 Å². The van der Waals surface area contributed by atoms with E-state index in [-0.39, 0.29) is 18.3 Å². The maximum atomic E-state index is 6.12. The highest BCUT2D eigenvalue weighted by Gasteiger charge is 2.52. The Morgan fingerprint density at radius 3 is 2.21 bits per heavy atom. The Labute approximate surface area is 116 Å². The Kier molecular flexibility index (Phi) is 4.04. The van der Waals surface area contributed by atoms with Crippen LogP contribution in [0.5, 0.6) is 0 Å². The van der Waals surface area contributed by atoms with Gasteiger partial charge in [-0.2, -0.15) is 0 Å². The fraction of sp³-hybridized carbons (Fsp3) is 0.600. The van der Waals surface area contributed by atoms with Crippen molar-refractivity contribution in [1.29, 1.82) is 0 Å². The second kappa shape index (κ2) is 5.27. The van der Waals surface area contributed by atoms with E-state index in [2.05, 4.69) is 58.1 Å². The Balaban J connectivity index is 2.24. The van der Waals surface area contributed by atoms with E-state index in [0.29, 0.717) is 0 Å². The van der Waals surface area contributed by atoms with Gasteiger partial charge in [-0.25, -0.2) is 0 Å². The Hall–Kier alpha value is -0.835. The van der Waals surface area contributed by atoms with Crippen LogP contribution in [0.2, 0.25) is 0 Å². The summed E-state index contributed by atoms with van der Waals surface area (Å²) in [5, 5.41) is 3.36. The lowest BCUT2D eigenvalue weighted by Crippen LogP contribution is -2.41. The molecule has 4 heteroatoms. The third kappa shape index (κ3) is 2.86. The molecule has 0 bridgehead atoms. The average Bonchev–Trinajstić information content (AvgIpc) is 2.56. The highest BCUT2D eigenvalue weighted by atomic mass is 16.7. The molecule has 1 N–H and O–H groups in total. The molecule has 3 nitrogen and oxygen atoms in total. The minimum absolute atomic E-state index is 0.278. The van der Waals surface area contributed by atoms with E-state index in [9.17, 15) is 0 Å². The quantitative estimate of drug-likeness (QED) is 0.842. The predicted octanol–water partition coefficient (Wildman–Crippen LogP) is 2.10. The molecule has 1 aliphatic heterocycles. The Bertz CT molecular complexity index is 430. The van der Waals surface area contributed by atoms with E-state index < -0.39 is 0 Å². The van der Waals surface area contributed by atoms with Crippen LogP contribution in [0.4, 0.5) is 0 Å². The standard InChI is InChI=1S/C15H24BNO2/c1-6-17-11-12-9-7-8-10-13(12)16-18-14(2,3)15(4,5)19-16/h7-10,17H,6,11H2,1-5H3. The average molecular weight is 261 g/mol. The SMILES string of the molecule is CCNCc1ccccc1B1OC(C)(C)C(C)(C)O1. The normalized spacial score (nSPS) is 20.8. The number of rotatable bonds is 4. The maximum Gasteiger partial charge on any atom is 0.495 e. The van der Waals surface area contributed by atoms with Crippen LogP contribution >= 0.6 is 0 Å². The van der Waals surface area contributed by atoms with E-state index in [1.54, 1.807) is 0 Å². The van der Waals surface area contributed by atoms with Crippen molar-refractivity contribution < 1.29 is 9.31 Å². The van der Waals surface area contributed by atoms with Gasteiger partial charge in [0, 0.05) is 6.54 Å². The second-order valence-electron chi connectivity index (χ2n) is 6.07. The fourth-order valence-electron chi connectivity index (χ4n) is 2.15. The van der Waals surface area contributed by atoms with Crippen LogP contribution in [0, 0.1) is 0 Å². The van der Waals surface area contributed by atoms with Gasteiger partial charge in [0.25, 0.3) is 0 Å². The first kappa shape index (κ1) is 14.6. The number of benzene rings is 1. The summed E-state index contributed by atoms with van der Waals surface area (Å²) in [6.45, 7) is 12.2. The monoisotopic (exact) mass is 261 g/mol. The van der Waals surface area contributed by atoms with Crippen LogP contribution in [0.3, 0.4) is 0 Å². The first-order chi connectivity index (χ1) is 8.87. The van der Waals surface area contributed by atoms with Crippen molar-refractivity contribution >= 4 is 12.6 Å². The fourth-order valence-corrected chi connectivity index (χ4v) is 2.15. The zero-order chi connectivity index (χ0) is 14.1. The molecule has 0 atom stereocenters. The molecule has 2 rings (SSSR count). The van der Waals surface area contributed by atoms with E-state index in [0.717, 1.165) is 18.6 Å². The van der Waals surface area contributed by atoms with Gasteiger partial charge in [0.05, 0.1) is 11.2 Å². The van der Waals surface area contributed by atoms with Gasteiger partial charge in [0.15, 0.2) is 0 Å². The van der Waals surface area contributed by atoms with Gasteiger partial charge >= 0.3 is 7.12 Å². The molecular formula is C15H24BNO2. The molecule has 0 aliphatic carbocycles. The minimum atomic E-state index is -0.289. The van der Waals surface area contributed by atoms with Crippen LogP contribution in [-0.4, -0.2) is 24.9 Å². The summed E-state index contributed by atoms with van der Waals surface area (Å²) in [4.78, 5) is 0. The third-order valence-electron chi connectivity index (χ3n) is 4.13. The Morgan fingerprint density at radius 1 is 1.05 bits per heavy atom. The van der Waals surface area contributed by atoms with E-state index in [1.165, 1.54) is 5.56 Å². The van der Waals surface area contributed by atoms with Gasteiger partial charge in [-0.3, -0.25) is 0 Å². The molecule has 0 saturated carbocycles. The summed E-state index contributed by atoms with van der Waals surface area (Å²) < 4.78 is 12.2. The van der Waals surface area contributed by atoms with E-state index in [4.69, 9.17) is 9.31 Å². The Morgan fingerprint density at radius 2 is 1.63 bits per heavy atom. The second-order valence-corrected chi connectivity index (χ2v) is 6.07. The topological polar surface area (TPSA) is 30.5 Å². The zero-order valence-corrected chi connectivity index (χ0v) is 12.6. The van der Waals surface area contributed by atoms with Gasteiger partial charge in [-0.05, 0) is 45.3 Å². The molecule has 1 aromatic carbocycles. The number of nitrogens with one attached hydrogen (secondary N) is 1. The zero-order valence-electron chi connectivity index (χ0n) is 12.6. The molecule has 0 radical (unpaired) electrons. The third-order valence-corrected chi connectivity index (χ3v) is 4.13. The molecule has 1 heterocycles. The minimum Gasteiger partial charge on any atom is -0.399 e. The van der Waals surface area contributed by atoms with Gasteiger partial charge < -0.3 is 14.6 Å². The van der Waals surface area contributed by atoms with Crippen molar-refractivity contribution in [2.45, 2.75) is 52.4 Å². The van der Waals surface area contributed by atoms with Crippen molar-refractivity contribution in [3.63, 3.8) is 0 Å². The molecule has 1 aromatic rings. The van der Waals surface area contributed by atoms with Crippen LogP contribution in [0.1, 0.15) is 40.2 Å². The molecule has 19 heavy (non-hydrogen) atoms. The van der Waals surface area contributed by atoms with Crippen molar-refractivity contribution in [3.05, 3.63) is 29.8 Å². The lowest BCUT2D eigenvalue weighted by Gasteiger charge is -2.32. The smallest absolute Gasteiger partial charge is 0.399 e. The molecule has 0 aromatic heterocycles. The molecule has 0 unspecified atom stereocenters. The summed E-state index contributed by atoms with van der Waals surface area (Å²) in [6, 6.07) is 8.31. The van der Waals surface area contributed by atoms with Crippen LogP contribution in [0.15, 0.2) is 24.3 Å². The van der Waals surface area contributed by atoms with E-state index >= 15 is 0 Å².